The van der Waals surface area contributed by atoms with Crippen molar-refractivity contribution < 1.29 is 23.7 Å². The lowest BCUT2D eigenvalue weighted by Gasteiger charge is -2.32. The smallest absolute Gasteiger partial charge is 0.0841 e. The van der Waals surface area contributed by atoms with Crippen LogP contribution in [0.5, 0.6) is 0 Å². The zero-order chi connectivity index (χ0) is 24.0. The third-order valence-corrected chi connectivity index (χ3v) is 7.02. The van der Waals surface area contributed by atoms with E-state index >= 15 is 0 Å². The highest BCUT2D eigenvalue weighted by Gasteiger charge is 2.27. The van der Waals surface area contributed by atoms with Gasteiger partial charge in [-0.3, -0.25) is 0 Å². The van der Waals surface area contributed by atoms with Crippen LogP contribution in [-0.2, 0) is 36.9 Å². The van der Waals surface area contributed by atoms with E-state index in [1.807, 2.05) is 12.1 Å². The standard InChI is InChI=1S/C30H42O5/c1-3-11-25(12-4-1)23-34-29-17-9-7-15-27(29)32-21-19-31-20-22-33-28-16-8-10-18-30(28)35-24-26-13-5-2-6-14-26/h1-6,11-14,27-30H,7-10,15-24H2/t27-,28-,29-,30+/m0/s1. The van der Waals surface area contributed by atoms with E-state index in [1.165, 1.54) is 36.8 Å². The molecule has 4 atom stereocenters. The van der Waals surface area contributed by atoms with Crippen molar-refractivity contribution in [1.82, 2.24) is 0 Å². The first-order chi connectivity index (χ1) is 17.4. The zero-order valence-corrected chi connectivity index (χ0v) is 21.0. The first kappa shape index (κ1) is 26.3. The van der Waals surface area contributed by atoms with E-state index in [4.69, 9.17) is 23.7 Å². The van der Waals surface area contributed by atoms with E-state index in [2.05, 4.69) is 48.5 Å². The maximum absolute atomic E-state index is 6.20. The largest absolute Gasteiger partial charge is 0.377 e. The minimum atomic E-state index is 0.164. The van der Waals surface area contributed by atoms with Crippen LogP contribution in [0, 0.1) is 0 Å². The second-order valence-corrected chi connectivity index (χ2v) is 9.67. The maximum Gasteiger partial charge on any atom is 0.0841 e. The molecular formula is C30H42O5. The van der Waals surface area contributed by atoms with Crippen LogP contribution in [0.2, 0.25) is 0 Å². The molecule has 0 aromatic heterocycles. The molecule has 2 aliphatic rings. The molecule has 5 heteroatoms. The summed E-state index contributed by atoms with van der Waals surface area (Å²) in [6.45, 7) is 3.67. The van der Waals surface area contributed by atoms with E-state index in [-0.39, 0.29) is 24.4 Å². The molecular weight excluding hydrogens is 440 g/mol. The summed E-state index contributed by atoms with van der Waals surface area (Å²) < 4.78 is 30.5. The lowest BCUT2D eigenvalue weighted by Crippen LogP contribution is -2.36. The molecule has 2 fully saturated rings. The van der Waals surface area contributed by atoms with Gasteiger partial charge in [0.2, 0.25) is 0 Å². The van der Waals surface area contributed by atoms with Crippen LogP contribution in [0.3, 0.4) is 0 Å². The van der Waals surface area contributed by atoms with Crippen molar-refractivity contribution in [3.63, 3.8) is 0 Å². The van der Waals surface area contributed by atoms with Crippen molar-refractivity contribution in [2.24, 2.45) is 0 Å². The Morgan fingerprint density at radius 2 is 0.829 bits per heavy atom. The van der Waals surface area contributed by atoms with Crippen molar-refractivity contribution in [3.05, 3.63) is 71.8 Å². The van der Waals surface area contributed by atoms with Crippen molar-refractivity contribution in [1.29, 1.82) is 0 Å². The quantitative estimate of drug-likeness (QED) is 0.305. The number of hydrogen-bond donors (Lipinski definition) is 0. The second kappa shape index (κ2) is 15.4. The molecule has 2 aliphatic carbocycles. The first-order valence-corrected chi connectivity index (χ1v) is 13.5. The molecule has 0 aliphatic heterocycles. The second-order valence-electron chi connectivity index (χ2n) is 9.67. The number of benzene rings is 2. The summed E-state index contributed by atoms with van der Waals surface area (Å²) in [6.07, 6.45) is 9.78. The number of hydrogen-bond acceptors (Lipinski definition) is 5. The molecule has 0 bridgehead atoms. The number of rotatable bonds is 14. The normalized spacial score (nSPS) is 24.9. The molecule has 0 spiro atoms. The molecule has 0 unspecified atom stereocenters. The fourth-order valence-corrected chi connectivity index (χ4v) is 5.06. The van der Waals surface area contributed by atoms with Gasteiger partial charge >= 0.3 is 0 Å². The van der Waals surface area contributed by atoms with E-state index < -0.39 is 0 Å². The van der Waals surface area contributed by atoms with E-state index in [0.717, 1.165) is 25.7 Å². The molecule has 192 valence electrons. The number of ether oxygens (including phenoxy) is 5. The van der Waals surface area contributed by atoms with Gasteiger partial charge < -0.3 is 23.7 Å². The molecule has 5 nitrogen and oxygen atoms in total. The minimum Gasteiger partial charge on any atom is -0.377 e. The predicted molar refractivity (Wildman–Crippen MR) is 137 cm³/mol. The van der Waals surface area contributed by atoms with Gasteiger partial charge in [0.05, 0.1) is 64.1 Å². The minimum absolute atomic E-state index is 0.164. The van der Waals surface area contributed by atoms with Crippen LogP contribution in [0.15, 0.2) is 60.7 Å². The first-order valence-electron chi connectivity index (χ1n) is 13.5. The summed E-state index contributed by atoms with van der Waals surface area (Å²) in [7, 11) is 0. The van der Waals surface area contributed by atoms with Crippen LogP contribution < -0.4 is 0 Å². The maximum atomic E-state index is 6.20. The monoisotopic (exact) mass is 482 g/mol. The molecule has 2 aromatic carbocycles. The molecule has 4 rings (SSSR count). The highest BCUT2D eigenvalue weighted by atomic mass is 16.6. The summed E-state index contributed by atoms with van der Waals surface area (Å²) >= 11 is 0. The Balaban J connectivity index is 1.07. The molecule has 0 N–H and O–H groups in total. The van der Waals surface area contributed by atoms with Crippen LogP contribution in [0.25, 0.3) is 0 Å². The van der Waals surface area contributed by atoms with Crippen molar-refractivity contribution in [3.8, 4) is 0 Å². The summed E-state index contributed by atoms with van der Waals surface area (Å²) in [6, 6.07) is 20.7. The van der Waals surface area contributed by atoms with E-state index in [1.54, 1.807) is 0 Å². The third kappa shape index (κ3) is 9.32. The summed E-state index contributed by atoms with van der Waals surface area (Å²) in [5.74, 6) is 0. The molecule has 0 heterocycles. The van der Waals surface area contributed by atoms with E-state index in [0.29, 0.717) is 39.6 Å². The Labute approximate surface area is 211 Å². The third-order valence-electron chi connectivity index (χ3n) is 7.02. The van der Waals surface area contributed by atoms with Crippen molar-refractivity contribution in [2.75, 3.05) is 26.4 Å². The van der Waals surface area contributed by atoms with Gasteiger partial charge in [-0.2, -0.15) is 0 Å². The lowest BCUT2D eigenvalue weighted by molar-refractivity contribution is -0.118. The van der Waals surface area contributed by atoms with Gasteiger partial charge in [0.25, 0.3) is 0 Å². The molecule has 2 saturated carbocycles. The fraction of sp³-hybridized carbons (Fsp3) is 0.600. The zero-order valence-electron chi connectivity index (χ0n) is 21.0. The van der Waals surface area contributed by atoms with Crippen LogP contribution >= 0.6 is 0 Å². The fourth-order valence-electron chi connectivity index (χ4n) is 5.06. The Morgan fingerprint density at radius 1 is 0.457 bits per heavy atom. The van der Waals surface area contributed by atoms with Crippen LogP contribution in [0.4, 0.5) is 0 Å². The average molecular weight is 483 g/mol. The predicted octanol–water partition coefficient (Wildman–Crippen LogP) is 6.09. The summed E-state index contributed by atoms with van der Waals surface area (Å²) in [4.78, 5) is 0. The molecule has 0 saturated heterocycles. The average Bonchev–Trinajstić information content (AvgIpc) is 2.92. The van der Waals surface area contributed by atoms with Gasteiger partial charge in [-0.05, 0) is 36.8 Å². The van der Waals surface area contributed by atoms with E-state index in [9.17, 15) is 0 Å². The van der Waals surface area contributed by atoms with Gasteiger partial charge in [-0.25, -0.2) is 0 Å². The van der Waals surface area contributed by atoms with Crippen molar-refractivity contribution in [2.45, 2.75) is 89.0 Å². The van der Waals surface area contributed by atoms with Crippen LogP contribution in [0.1, 0.15) is 62.5 Å². The van der Waals surface area contributed by atoms with Gasteiger partial charge in [-0.1, -0.05) is 86.3 Å². The Bertz CT molecular complexity index is 731. The molecule has 0 radical (unpaired) electrons. The molecule has 0 amide bonds. The summed E-state index contributed by atoms with van der Waals surface area (Å²) in [5.41, 5.74) is 2.43. The molecule has 2 aromatic rings. The van der Waals surface area contributed by atoms with Gasteiger partial charge in [0.1, 0.15) is 0 Å². The Kier molecular flexibility index (Phi) is 11.6. The van der Waals surface area contributed by atoms with Gasteiger partial charge in [0, 0.05) is 0 Å². The van der Waals surface area contributed by atoms with Crippen molar-refractivity contribution >= 4 is 0 Å². The van der Waals surface area contributed by atoms with Crippen LogP contribution in [-0.4, -0.2) is 50.8 Å². The summed E-state index contributed by atoms with van der Waals surface area (Å²) in [5, 5.41) is 0. The highest BCUT2D eigenvalue weighted by molar-refractivity contribution is 5.14. The van der Waals surface area contributed by atoms with Gasteiger partial charge in [-0.15, -0.1) is 0 Å². The Morgan fingerprint density at radius 3 is 1.23 bits per heavy atom. The lowest BCUT2D eigenvalue weighted by atomic mass is 9.94. The topological polar surface area (TPSA) is 46.2 Å². The SMILES string of the molecule is c1ccc(CO[C@H]2CCCC[C@@H]2OCCOCCO[C@H]2CCCC[C@H]2OCc2ccccc2)cc1. The highest BCUT2D eigenvalue weighted by Crippen LogP contribution is 2.26. The van der Waals surface area contributed by atoms with Gasteiger partial charge in [0.15, 0.2) is 0 Å². The Hall–Kier alpha value is -1.76. The molecule has 35 heavy (non-hydrogen) atoms.